The highest BCUT2D eigenvalue weighted by molar-refractivity contribution is 7.89. The van der Waals surface area contributed by atoms with Crippen molar-refractivity contribution < 1.29 is 21.6 Å². The van der Waals surface area contributed by atoms with E-state index in [9.17, 15) is 21.6 Å². The van der Waals surface area contributed by atoms with Crippen LogP contribution in [0.4, 0.5) is 13.2 Å². The molecule has 1 atom stereocenters. The van der Waals surface area contributed by atoms with E-state index < -0.39 is 38.4 Å². The van der Waals surface area contributed by atoms with Gasteiger partial charge >= 0.3 is 0 Å². The molecule has 9 heteroatoms. The first-order chi connectivity index (χ1) is 9.81. The van der Waals surface area contributed by atoms with Crippen LogP contribution in [0.5, 0.6) is 0 Å². The van der Waals surface area contributed by atoms with Crippen molar-refractivity contribution in [3.8, 4) is 0 Å². The number of sulfonamides is 1. The molecule has 21 heavy (non-hydrogen) atoms. The first-order valence-corrected chi connectivity index (χ1v) is 7.43. The molecule has 1 aromatic carbocycles. The number of halogens is 3. The van der Waals surface area contributed by atoms with Crippen molar-refractivity contribution in [2.75, 3.05) is 0 Å². The average molecular weight is 319 g/mol. The monoisotopic (exact) mass is 319 g/mol. The number of nitrogens with zero attached hydrogens (tertiary/aromatic N) is 2. The smallest absolute Gasteiger partial charge is 0.243 e. The van der Waals surface area contributed by atoms with Gasteiger partial charge in [0, 0.05) is 18.4 Å². The molecule has 0 unspecified atom stereocenters. The van der Waals surface area contributed by atoms with Crippen molar-refractivity contribution >= 4 is 10.0 Å². The number of benzene rings is 1. The number of hydrogen-bond acceptors (Lipinski definition) is 3. The molecule has 0 saturated heterocycles. The minimum Gasteiger partial charge on any atom is -0.271 e. The zero-order valence-corrected chi connectivity index (χ0v) is 11.7. The lowest BCUT2D eigenvalue weighted by molar-refractivity contribution is 0.430. The summed E-state index contributed by atoms with van der Waals surface area (Å²) in [4.78, 5) is -0.936. The summed E-state index contributed by atoms with van der Waals surface area (Å²) in [7, 11) is -4.31. The standard InChI is InChI=1S/C12H12F3N3O2S/c1-8(7-18-6-2-5-16-18)17-21(19,20)10-4-3-9(13)11(14)12(10)15/h2-6,8,17H,7H2,1H3/t8-/m0/s1. The van der Waals surface area contributed by atoms with Crippen LogP contribution in [0.1, 0.15) is 6.92 Å². The van der Waals surface area contributed by atoms with Gasteiger partial charge in [-0.15, -0.1) is 0 Å². The second kappa shape index (κ2) is 5.86. The molecule has 1 heterocycles. The average Bonchev–Trinajstić information content (AvgIpc) is 2.87. The van der Waals surface area contributed by atoms with Crippen molar-refractivity contribution in [3.63, 3.8) is 0 Å². The fourth-order valence-electron chi connectivity index (χ4n) is 1.77. The maximum Gasteiger partial charge on any atom is 0.243 e. The van der Waals surface area contributed by atoms with Crippen molar-refractivity contribution in [2.45, 2.75) is 24.4 Å². The molecular formula is C12H12F3N3O2S. The summed E-state index contributed by atoms with van der Waals surface area (Å²) in [5.74, 6) is -5.01. The van der Waals surface area contributed by atoms with Gasteiger partial charge in [-0.1, -0.05) is 0 Å². The molecule has 0 aliphatic carbocycles. The van der Waals surface area contributed by atoms with Gasteiger partial charge in [0.1, 0.15) is 4.90 Å². The summed E-state index contributed by atoms with van der Waals surface area (Å²) in [6.45, 7) is 1.74. The van der Waals surface area contributed by atoms with Gasteiger partial charge in [0.05, 0.1) is 6.54 Å². The Morgan fingerprint density at radius 3 is 2.62 bits per heavy atom. The van der Waals surface area contributed by atoms with Crippen molar-refractivity contribution in [3.05, 3.63) is 48.0 Å². The topological polar surface area (TPSA) is 64.0 Å². The highest BCUT2D eigenvalue weighted by Crippen LogP contribution is 2.19. The zero-order valence-electron chi connectivity index (χ0n) is 10.9. The Morgan fingerprint density at radius 2 is 2.00 bits per heavy atom. The van der Waals surface area contributed by atoms with E-state index >= 15 is 0 Å². The molecule has 1 aromatic heterocycles. The second-order valence-electron chi connectivity index (χ2n) is 4.42. The van der Waals surface area contributed by atoms with E-state index in [4.69, 9.17) is 0 Å². The first-order valence-electron chi connectivity index (χ1n) is 5.94. The third-order valence-corrected chi connectivity index (χ3v) is 4.27. The zero-order chi connectivity index (χ0) is 15.6. The Morgan fingerprint density at radius 1 is 1.29 bits per heavy atom. The van der Waals surface area contributed by atoms with Crippen LogP contribution < -0.4 is 4.72 Å². The predicted octanol–water partition coefficient (Wildman–Crippen LogP) is 1.67. The summed E-state index contributed by atoms with van der Waals surface area (Å²) in [5.41, 5.74) is 0. The van der Waals surface area contributed by atoms with Gasteiger partial charge in [0.15, 0.2) is 17.5 Å². The van der Waals surface area contributed by atoms with E-state index in [2.05, 4.69) is 9.82 Å². The van der Waals surface area contributed by atoms with E-state index in [0.29, 0.717) is 12.1 Å². The van der Waals surface area contributed by atoms with Crippen LogP contribution in [-0.2, 0) is 16.6 Å². The molecule has 0 saturated carbocycles. The van der Waals surface area contributed by atoms with E-state index in [1.807, 2.05) is 0 Å². The third-order valence-electron chi connectivity index (χ3n) is 2.67. The predicted molar refractivity (Wildman–Crippen MR) is 68.3 cm³/mol. The molecule has 1 N–H and O–H groups in total. The summed E-state index contributed by atoms with van der Waals surface area (Å²) >= 11 is 0. The van der Waals surface area contributed by atoms with Gasteiger partial charge in [0.2, 0.25) is 10.0 Å². The van der Waals surface area contributed by atoms with Crippen molar-refractivity contribution in [2.24, 2.45) is 0 Å². The Balaban J connectivity index is 2.20. The molecule has 0 amide bonds. The van der Waals surface area contributed by atoms with Gasteiger partial charge < -0.3 is 0 Å². The minimum absolute atomic E-state index is 0.206. The molecule has 0 fully saturated rings. The van der Waals surface area contributed by atoms with Crippen LogP contribution >= 0.6 is 0 Å². The molecule has 2 rings (SSSR count). The maximum atomic E-state index is 13.5. The van der Waals surface area contributed by atoms with E-state index in [-0.39, 0.29) is 6.54 Å². The lowest BCUT2D eigenvalue weighted by Crippen LogP contribution is -2.36. The fourth-order valence-corrected chi connectivity index (χ4v) is 3.07. The van der Waals surface area contributed by atoms with Crippen LogP contribution in [0.25, 0.3) is 0 Å². The molecule has 114 valence electrons. The lowest BCUT2D eigenvalue weighted by atomic mass is 10.3. The first kappa shape index (κ1) is 15.5. The quantitative estimate of drug-likeness (QED) is 0.853. The molecule has 0 radical (unpaired) electrons. The van der Waals surface area contributed by atoms with Gasteiger partial charge in [-0.25, -0.2) is 26.3 Å². The molecule has 0 spiro atoms. The third kappa shape index (κ3) is 3.42. The van der Waals surface area contributed by atoms with Crippen LogP contribution in [0, 0.1) is 17.5 Å². The highest BCUT2D eigenvalue weighted by atomic mass is 32.2. The molecule has 5 nitrogen and oxygen atoms in total. The van der Waals surface area contributed by atoms with Crippen LogP contribution in [0.3, 0.4) is 0 Å². The maximum absolute atomic E-state index is 13.5. The molecule has 2 aromatic rings. The Bertz CT molecular complexity index is 732. The largest absolute Gasteiger partial charge is 0.271 e. The van der Waals surface area contributed by atoms with Gasteiger partial charge in [-0.3, -0.25) is 4.68 Å². The van der Waals surface area contributed by atoms with Crippen LogP contribution in [0.2, 0.25) is 0 Å². The summed E-state index contributed by atoms with van der Waals surface area (Å²) in [6, 6.07) is 2.28. The number of nitrogens with one attached hydrogen (secondary N) is 1. The summed E-state index contributed by atoms with van der Waals surface area (Å²) < 4.78 is 67.1. The minimum atomic E-state index is -4.31. The molecular weight excluding hydrogens is 307 g/mol. The van der Waals surface area contributed by atoms with Gasteiger partial charge in [0.25, 0.3) is 0 Å². The van der Waals surface area contributed by atoms with Crippen LogP contribution in [0.15, 0.2) is 35.5 Å². The Hall–Kier alpha value is -1.87. The Kier molecular flexibility index (Phi) is 4.33. The molecule has 0 aliphatic rings. The van der Waals surface area contributed by atoms with E-state index in [1.54, 1.807) is 12.3 Å². The molecule has 0 bridgehead atoms. The SMILES string of the molecule is C[C@@H](Cn1cccn1)NS(=O)(=O)c1ccc(F)c(F)c1F. The normalized spacial score (nSPS) is 13.3. The van der Waals surface area contributed by atoms with E-state index in [1.165, 1.54) is 17.8 Å². The summed E-state index contributed by atoms with van der Waals surface area (Å²) in [5, 5.41) is 3.90. The number of aromatic nitrogens is 2. The highest BCUT2D eigenvalue weighted by Gasteiger charge is 2.25. The number of rotatable bonds is 5. The van der Waals surface area contributed by atoms with Crippen LogP contribution in [-0.4, -0.2) is 24.2 Å². The lowest BCUT2D eigenvalue weighted by Gasteiger charge is -2.15. The number of hydrogen-bond donors (Lipinski definition) is 1. The van der Waals surface area contributed by atoms with E-state index in [0.717, 1.165) is 0 Å². The van der Waals surface area contributed by atoms with Crippen molar-refractivity contribution in [1.82, 2.24) is 14.5 Å². The molecule has 0 aliphatic heterocycles. The Labute approximate surface area is 119 Å². The fraction of sp³-hybridized carbons (Fsp3) is 0.250. The van der Waals surface area contributed by atoms with Gasteiger partial charge in [-0.05, 0) is 25.1 Å². The second-order valence-corrected chi connectivity index (χ2v) is 6.11. The van der Waals surface area contributed by atoms with Crippen molar-refractivity contribution in [1.29, 1.82) is 0 Å². The summed E-state index contributed by atoms with van der Waals surface area (Å²) in [6.07, 6.45) is 3.15. The van der Waals surface area contributed by atoms with Gasteiger partial charge in [-0.2, -0.15) is 5.10 Å².